The third-order valence-electron chi connectivity index (χ3n) is 11.9. The Morgan fingerprint density at radius 3 is 2.16 bits per heavy atom. The van der Waals surface area contributed by atoms with Crippen LogP contribution in [-0.2, 0) is 25.7 Å². The van der Waals surface area contributed by atoms with E-state index < -0.39 is 47.6 Å². The van der Waals surface area contributed by atoms with Crippen molar-refractivity contribution in [2.45, 2.75) is 121 Å². The van der Waals surface area contributed by atoms with Gasteiger partial charge in [-0.15, -0.1) is 0 Å². The zero-order valence-corrected chi connectivity index (χ0v) is 37.9. The van der Waals surface area contributed by atoms with Crippen molar-refractivity contribution in [1.82, 2.24) is 40.8 Å². The lowest BCUT2D eigenvalue weighted by molar-refractivity contribution is -0.140. The van der Waals surface area contributed by atoms with Crippen LogP contribution in [-0.4, -0.2) is 104 Å². The molecule has 1 fully saturated rings. The van der Waals surface area contributed by atoms with E-state index in [2.05, 4.69) is 41.2 Å². The van der Waals surface area contributed by atoms with Crippen molar-refractivity contribution in [2.24, 2.45) is 0 Å². The fraction of sp³-hybridized carbons (Fsp3) is 0.468. The molecule has 2 aromatic carbocycles. The van der Waals surface area contributed by atoms with Crippen LogP contribution in [0.2, 0.25) is 0 Å². The smallest absolute Gasteiger partial charge is 0.326 e. The molecule has 0 bridgehead atoms. The molecule has 2 aromatic heterocycles. The number of imide groups is 2. The number of amides is 6. The molecular formula is C47H60N12O8. The molecule has 0 spiro atoms. The fourth-order valence-corrected chi connectivity index (χ4v) is 8.25. The van der Waals surface area contributed by atoms with Crippen molar-refractivity contribution in [2.75, 3.05) is 41.8 Å². The zero-order valence-electron chi connectivity index (χ0n) is 37.9. The molecule has 20 nitrogen and oxygen atoms in total. The Hall–Kier alpha value is -7.25. The summed E-state index contributed by atoms with van der Waals surface area (Å²) in [4.78, 5) is 107. The van der Waals surface area contributed by atoms with Crippen LogP contribution in [0.25, 0.3) is 11.2 Å². The van der Waals surface area contributed by atoms with E-state index in [1.807, 2.05) is 11.9 Å². The van der Waals surface area contributed by atoms with E-state index >= 15 is 0 Å². The molecule has 67 heavy (non-hydrogen) atoms. The fourth-order valence-electron chi connectivity index (χ4n) is 8.25. The minimum atomic E-state index is -1.23. The molecule has 6 rings (SSSR count). The van der Waals surface area contributed by atoms with Gasteiger partial charge in [-0.3, -0.25) is 39.0 Å². The Labute approximate surface area is 388 Å². The number of carboxylic acid groups (broad SMARTS) is 1. The average molecular weight is 921 g/mol. The molecule has 1 unspecified atom stereocenters. The Balaban J connectivity index is 0.760. The van der Waals surface area contributed by atoms with Crippen LogP contribution in [0.4, 0.5) is 23.1 Å². The molecule has 20 heteroatoms. The second-order valence-corrected chi connectivity index (χ2v) is 17.0. The molecule has 356 valence electrons. The van der Waals surface area contributed by atoms with Gasteiger partial charge in [0.2, 0.25) is 23.7 Å². The number of unbranched alkanes of at least 4 members (excludes halogenated alkanes) is 11. The highest BCUT2D eigenvalue weighted by Crippen LogP contribution is 2.32. The molecule has 0 saturated carbocycles. The van der Waals surface area contributed by atoms with E-state index in [0.717, 1.165) is 68.4 Å². The summed E-state index contributed by atoms with van der Waals surface area (Å²) in [7, 11) is 1.84. The van der Waals surface area contributed by atoms with E-state index in [-0.39, 0.29) is 60.0 Å². The first-order valence-electron chi connectivity index (χ1n) is 23.1. The number of benzene rings is 2. The molecule has 2 atom stereocenters. The van der Waals surface area contributed by atoms with Gasteiger partial charge in [-0.25, -0.2) is 14.8 Å². The summed E-state index contributed by atoms with van der Waals surface area (Å²) < 4.78 is 0. The number of nitrogens with two attached hydrogens (primary N) is 2. The standard InChI is InChI=1S/C47H60N12O8/c1-58(28-30-27-52-41-39(53-30)40(48)56-47(49)57-41)31-19-17-29(18-20-31)42(62)54-34(46(66)67)21-23-36(60)51-26-13-11-9-7-5-3-2-4-6-8-10-12-25-50-33-16-14-15-32-38(33)45(65)59(44(32)64)35-22-24-37(61)55-43(35)63/h14-20,27,34-35,50H,2-13,21-26,28H2,1H3,(H,51,60)(H,54,62)(H,66,67)(H,55,61,63)(H4,48,49,52,56,57)/t34-,35?/m0/s1. The molecule has 1 saturated heterocycles. The molecule has 0 radical (unpaired) electrons. The highest BCUT2D eigenvalue weighted by atomic mass is 16.4. The van der Waals surface area contributed by atoms with Gasteiger partial charge in [0.25, 0.3) is 17.7 Å². The molecular weight excluding hydrogens is 861 g/mol. The number of aliphatic carboxylic acids is 1. The number of anilines is 4. The lowest BCUT2D eigenvalue weighted by atomic mass is 10.0. The number of fused-ring (bicyclic) bond motifs is 2. The van der Waals surface area contributed by atoms with Gasteiger partial charge >= 0.3 is 5.97 Å². The Kier molecular flexibility index (Phi) is 17.5. The second-order valence-electron chi connectivity index (χ2n) is 17.0. The van der Waals surface area contributed by atoms with Gasteiger partial charge < -0.3 is 37.4 Å². The minimum Gasteiger partial charge on any atom is -0.480 e. The van der Waals surface area contributed by atoms with Crippen molar-refractivity contribution < 1.29 is 38.7 Å². The van der Waals surface area contributed by atoms with E-state index in [4.69, 9.17) is 11.5 Å². The number of aromatic nitrogens is 4. The first-order chi connectivity index (χ1) is 32.3. The van der Waals surface area contributed by atoms with Crippen molar-refractivity contribution in [3.8, 4) is 0 Å². The first-order valence-corrected chi connectivity index (χ1v) is 23.1. The molecule has 4 aromatic rings. The number of carboxylic acids is 1. The number of nitrogen functional groups attached to an aromatic ring is 2. The van der Waals surface area contributed by atoms with Crippen LogP contribution in [0, 0.1) is 0 Å². The monoisotopic (exact) mass is 920 g/mol. The van der Waals surface area contributed by atoms with Crippen molar-refractivity contribution in [3.63, 3.8) is 0 Å². The predicted molar refractivity (Wildman–Crippen MR) is 251 cm³/mol. The van der Waals surface area contributed by atoms with Crippen LogP contribution >= 0.6 is 0 Å². The molecule has 6 amide bonds. The SMILES string of the molecule is CN(Cc1cnc2nc(N)nc(N)c2n1)c1ccc(C(=O)N[C@@H](CCC(=O)NCCCCCCCCCCCCCCNc2cccc3c2C(=O)N(C2CCC(=O)NC2=O)C3=O)C(=O)O)cc1. The van der Waals surface area contributed by atoms with E-state index in [0.29, 0.717) is 42.2 Å². The Bertz CT molecular complexity index is 2450. The normalized spacial score (nSPS) is 15.0. The van der Waals surface area contributed by atoms with Gasteiger partial charge in [0, 0.05) is 49.9 Å². The third-order valence-corrected chi connectivity index (χ3v) is 11.9. The van der Waals surface area contributed by atoms with Gasteiger partial charge in [-0.05, 0) is 62.1 Å². The van der Waals surface area contributed by atoms with Crippen LogP contribution in [0.5, 0.6) is 0 Å². The molecule has 9 N–H and O–H groups in total. The number of carbonyl (C=O) groups excluding carboxylic acids is 6. The van der Waals surface area contributed by atoms with Crippen LogP contribution in [0.15, 0.2) is 48.7 Å². The maximum Gasteiger partial charge on any atom is 0.326 e. The predicted octanol–water partition coefficient (Wildman–Crippen LogP) is 4.49. The highest BCUT2D eigenvalue weighted by Gasteiger charge is 2.45. The Morgan fingerprint density at radius 1 is 0.851 bits per heavy atom. The quantitative estimate of drug-likeness (QED) is 0.0337. The third kappa shape index (κ3) is 13.4. The molecule has 2 aliphatic heterocycles. The van der Waals surface area contributed by atoms with E-state index in [9.17, 15) is 38.7 Å². The van der Waals surface area contributed by atoms with E-state index in [1.165, 1.54) is 19.3 Å². The summed E-state index contributed by atoms with van der Waals surface area (Å²) in [6, 6.07) is 9.53. The summed E-state index contributed by atoms with van der Waals surface area (Å²) in [6.45, 7) is 1.53. The maximum absolute atomic E-state index is 13.3. The number of hydrogen-bond acceptors (Lipinski definition) is 15. The lowest BCUT2D eigenvalue weighted by Crippen LogP contribution is -2.54. The number of rotatable bonds is 26. The van der Waals surface area contributed by atoms with Gasteiger partial charge in [0.15, 0.2) is 17.0 Å². The summed E-state index contributed by atoms with van der Waals surface area (Å²) in [5, 5.41) is 20.7. The average Bonchev–Trinajstić information content (AvgIpc) is 3.56. The Morgan fingerprint density at radius 2 is 1.51 bits per heavy atom. The number of nitrogens with zero attached hydrogens (tertiary/aromatic N) is 6. The van der Waals surface area contributed by atoms with Gasteiger partial charge in [-0.1, -0.05) is 70.3 Å². The van der Waals surface area contributed by atoms with Gasteiger partial charge in [-0.2, -0.15) is 9.97 Å². The van der Waals surface area contributed by atoms with Crippen LogP contribution < -0.4 is 37.6 Å². The summed E-state index contributed by atoms with van der Waals surface area (Å²) in [5.41, 5.74) is 15.0. The van der Waals surface area contributed by atoms with Gasteiger partial charge in [0.05, 0.1) is 29.6 Å². The molecule has 4 heterocycles. The second kappa shape index (κ2) is 23.8. The van der Waals surface area contributed by atoms with Crippen molar-refractivity contribution in [1.29, 1.82) is 0 Å². The van der Waals surface area contributed by atoms with E-state index in [1.54, 1.807) is 48.7 Å². The van der Waals surface area contributed by atoms with Crippen molar-refractivity contribution >= 4 is 75.7 Å². The largest absolute Gasteiger partial charge is 0.480 e. The lowest BCUT2D eigenvalue weighted by Gasteiger charge is -2.27. The minimum absolute atomic E-state index is 0.0120. The molecule has 0 aliphatic carbocycles. The summed E-state index contributed by atoms with van der Waals surface area (Å²) >= 11 is 0. The van der Waals surface area contributed by atoms with Crippen LogP contribution in [0.3, 0.4) is 0 Å². The number of piperidine rings is 1. The maximum atomic E-state index is 13.3. The number of nitrogens with one attached hydrogen (secondary N) is 4. The topological polar surface area (TPSA) is 298 Å². The first kappa shape index (κ1) is 49.2. The van der Waals surface area contributed by atoms with Crippen LogP contribution in [0.1, 0.15) is 140 Å². The molecule has 2 aliphatic rings. The zero-order chi connectivity index (χ0) is 47.9. The van der Waals surface area contributed by atoms with Crippen molar-refractivity contribution in [3.05, 3.63) is 71.0 Å². The summed E-state index contributed by atoms with van der Waals surface area (Å²) in [5.74, 6) is -3.94. The van der Waals surface area contributed by atoms with Gasteiger partial charge in [0.1, 0.15) is 12.1 Å². The number of hydrogen-bond donors (Lipinski definition) is 7. The summed E-state index contributed by atoms with van der Waals surface area (Å²) in [6.07, 6.45) is 14.6. The highest BCUT2D eigenvalue weighted by molar-refractivity contribution is 6.25. The number of carbonyl (C=O) groups is 7.